The quantitative estimate of drug-likeness (QED) is 0.298. The Morgan fingerprint density at radius 2 is 0.864 bits per heavy atom. The summed E-state index contributed by atoms with van der Waals surface area (Å²) in [5.41, 5.74) is 0. The molecule has 0 heterocycles. The van der Waals surface area contributed by atoms with Crippen LogP contribution in [0.5, 0.6) is 0 Å². The molecule has 0 atom stereocenters. The van der Waals surface area contributed by atoms with Gasteiger partial charge in [-0.2, -0.15) is 0 Å². The summed E-state index contributed by atoms with van der Waals surface area (Å²) in [7, 11) is 0. The molecule has 0 aromatic rings. The van der Waals surface area contributed by atoms with Gasteiger partial charge in [0.2, 0.25) is 0 Å². The van der Waals surface area contributed by atoms with Crippen molar-refractivity contribution in [2.45, 2.75) is 109 Å². The standard InChI is InChI=1S/C19H36O2.H3N/c1-2-3-4-5-6-7-8-9-10-11-12-13-14-15-16-17-18-19(20)21;/h1H,2-18H2,(H,20,21);1H3. The fraction of sp³-hybridized carbons (Fsp3) is 0.895. The van der Waals surface area contributed by atoms with E-state index in [1.807, 2.05) is 0 Å². The molecule has 0 aromatic carbocycles. The first kappa shape index (κ1) is 23.7. The molecule has 0 aliphatic heterocycles. The van der Waals surface area contributed by atoms with Crippen LogP contribution in [0.25, 0.3) is 0 Å². The van der Waals surface area contributed by atoms with Crippen molar-refractivity contribution in [3.8, 4) is 0 Å². The Hall–Kier alpha value is -0.570. The highest BCUT2D eigenvalue weighted by molar-refractivity contribution is 5.66. The third kappa shape index (κ3) is 21.7. The highest BCUT2D eigenvalue weighted by Gasteiger charge is 1.97. The van der Waals surface area contributed by atoms with Crippen LogP contribution < -0.4 is 6.15 Å². The van der Waals surface area contributed by atoms with Crippen molar-refractivity contribution in [3.63, 3.8) is 0 Å². The lowest BCUT2D eigenvalue weighted by Gasteiger charge is -2.03. The predicted molar refractivity (Wildman–Crippen MR) is 95.4 cm³/mol. The fourth-order valence-corrected chi connectivity index (χ4v) is 2.72. The third-order valence-electron chi connectivity index (χ3n) is 4.09. The fourth-order valence-electron chi connectivity index (χ4n) is 2.72. The molecule has 0 aromatic heterocycles. The van der Waals surface area contributed by atoms with Crippen LogP contribution in [0.4, 0.5) is 0 Å². The van der Waals surface area contributed by atoms with Crippen molar-refractivity contribution in [2.75, 3.05) is 0 Å². The van der Waals surface area contributed by atoms with E-state index in [4.69, 9.17) is 12.0 Å². The van der Waals surface area contributed by atoms with E-state index in [0.29, 0.717) is 6.42 Å². The van der Waals surface area contributed by atoms with Crippen LogP contribution in [0, 0.1) is 6.92 Å². The first-order valence-electron chi connectivity index (χ1n) is 9.19. The molecule has 0 rings (SSSR count). The van der Waals surface area contributed by atoms with Crippen LogP contribution >= 0.6 is 0 Å². The lowest BCUT2D eigenvalue weighted by atomic mass is 10.0. The van der Waals surface area contributed by atoms with Gasteiger partial charge >= 0.3 is 5.97 Å². The second-order valence-corrected chi connectivity index (χ2v) is 6.24. The van der Waals surface area contributed by atoms with Gasteiger partial charge in [-0.05, 0) is 19.8 Å². The van der Waals surface area contributed by atoms with Gasteiger partial charge < -0.3 is 11.3 Å². The monoisotopic (exact) mass is 313 g/mol. The maximum atomic E-state index is 10.3. The largest absolute Gasteiger partial charge is 0.481 e. The SMILES string of the molecule is N.[CH]CCCCCCCCCCCCCCCCCC(=O)O. The average molecular weight is 314 g/mol. The Morgan fingerprint density at radius 1 is 0.591 bits per heavy atom. The van der Waals surface area contributed by atoms with Gasteiger partial charge in [0.05, 0.1) is 0 Å². The van der Waals surface area contributed by atoms with Crippen LogP contribution in [0.2, 0.25) is 0 Å². The Kier molecular flexibility index (Phi) is 22.0. The Bertz CT molecular complexity index is 219. The van der Waals surface area contributed by atoms with Gasteiger partial charge in [0.15, 0.2) is 0 Å². The first-order valence-corrected chi connectivity index (χ1v) is 9.19. The topological polar surface area (TPSA) is 72.3 Å². The van der Waals surface area contributed by atoms with Crippen molar-refractivity contribution in [2.24, 2.45) is 0 Å². The minimum Gasteiger partial charge on any atom is -0.481 e. The molecule has 22 heavy (non-hydrogen) atoms. The maximum absolute atomic E-state index is 10.3. The second kappa shape index (κ2) is 20.4. The summed E-state index contributed by atoms with van der Waals surface area (Å²) in [6.45, 7) is 5.47. The molecule has 3 heteroatoms. The van der Waals surface area contributed by atoms with Gasteiger partial charge in [-0.3, -0.25) is 4.79 Å². The lowest BCUT2D eigenvalue weighted by molar-refractivity contribution is -0.137. The summed E-state index contributed by atoms with van der Waals surface area (Å²) >= 11 is 0. The van der Waals surface area contributed by atoms with Gasteiger partial charge in [0.1, 0.15) is 0 Å². The molecule has 4 N–H and O–H groups in total. The molecule has 0 saturated carbocycles. The smallest absolute Gasteiger partial charge is 0.303 e. The highest BCUT2D eigenvalue weighted by Crippen LogP contribution is 2.13. The summed E-state index contributed by atoms with van der Waals surface area (Å²) in [4.78, 5) is 10.3. The number of rotatable bonds is 17. The first-order chi connectivity index (χ1) is 10.3. The lowest BCUT2D eigenvalue weighted by Crippen LogP contribution is -1.93. The number of aliphatic carboxylic acids is 1. The highest BCUT2D eigenvalue weighted by atomic mass is 16.4. The molecule has 0 spiro atoms. The van der Waals surface area contributed by atoms with Crippen molar-refractivity contribution < 1.29 is 9.90 Å². The van der Waals surface area contributed by atoms with Crippen molar-refractivity contribution in [3.05, 3.63) is 6.92 Å². The summed E-state index contributed by atoms with van der Waals surface area (Å²) in [6, 6.07) is 0. The van der Waals surface area contributed by atoms with Gasteiger partial charge in [-0.25, -0.2) is 0 Å². The zero-order valence-corrected chi connectivity index (χ0v) is 14.7. The number of carboxylic acid groups (broad SMARTS) is 1. The molecular weight excluding hydrogens is 274 g/mol. The normalized spacial score (nSPS) is 10.4. The molecule has 0 fully saturated rings. The third-order valence-corrected chi connectivity index (χ3v) is 4.09. The minimum atomic E-state index is -0.658. The maximum Gasteiger partial charge on any atom is 0.303 e. The van der Waals surface area contributed by atoms with E-state index < -0.39 is 5.97 Å². The van der Waals surface area contributed by atoms with E-state index in [1.54, 1.807) is 0 Å². The van der Waals surface area contributed by atoms with Crippen LogP contribution in [0.1, 0.15) is 109 Å². The molecule has 132 valence electrons. The van der Waals surface area contributed by atoms with Crippen LogP contribution in [0.3, 0.4) is 0 Å². The number of hydrogen-bond donors (Lipinski definition) is 2. The number of unbranched alkanes of at least 4 members (excludes halogenated alkanes) is 15. The molecule has 0 amide bonds. The number of carboxylic acids is 1. The van der Waals surface area contributed by atoms with Crippen LogP contribution in [-0.2, 0) is 4.79 Å². The zero-order valence-electron chi connectivity index (χ0n) is 14.7. The van der Waals surface area contributed by atoms with Crippen LogP contribution in [-0.4, -0.2) is 11.1 Å². The molecule has 0 saturated heterocycles. The molecule has 2 radical (unpaired) electrons. The number of hydrogen-bond acceptors (Lipinski definition) is 2. The predicted octanol–water partition coefficient (Wildman–Crippen LogP) is 6.58. The van der Waals surface area contributed by atoms with Gasteiger partial charge in [0.25, 0.3) is 0 Å². The Balaban J connectivity index is 0. The van der Waals surface area contributed by atoms with Gasteiger partial charge in [-0.15, -0.1) is 0 Å². The van der Waals surface area contributed by atoms with Crippen LogP contribution in [0.15, 0.2) is 0 Å². The van der Waals surface area contributed by atoms with Crippen molar-refractivity contribution in [1.29, 1.82) is 0 Å². The van der Waals surface area contributed by atoms with E-state index in [-0.39, 0.29) is 6.15 Å². The summed E-state index contributed by atoms with van der Waals surface area (Å²) < 4.78 is 0. The molecule has 3 nitrogen and oxygen atoms in total. The molecule has 0 aliphatic carbocycles. The zero-order chi connectivity index (χ0) is 15.6. The average Bonchev–Trinajstić information content (AvgIpc) is 2.46. The Labute approximate surface area is 138 Å². The van der Waals surface area contributed by atoms with E-state index in [2.05, 4.69) is 0 Å². The van der Waals surface area contributed by atoms with Gasteiger partial charge in [-0.1, -0.05) is 89.9 Å². The van der Waals surface area contributed by atoms with E-state index in [9.17, 15) is 4.79 Å². The van der Waals surface area contributed by atoms with E-state index >= 15 is 0 Å². The Morgan fingerprint density at radius 3 is 1.14 bits per heavy atom. The minimum absolute atomic E-state index is 0. The van der Waals surface area contributed by atoms with Crippen molar-refractivity contribution in [1.82, 2.24) is 6.15 Å². The molecular formula is C19H39NO2. The number of carbonyl (C=O) groups is 1. The molecule has 0 bridgehead atoms. The summed E-state index contributed by atoms with van der Waals surface area (Å²) in [5, 5.41) is 8.52. The molecule has 0 aliphatic rings. The molecule has 0 unspecified atom stereocenters. The summed E-state index contributed by atoms with van der Waals surface area (Å²) in [6.07, 6.45) is 20.5. The van der Waals surface area contributed by atoms with Gasteiger partial charge in [0, 0.05) is 6.42 Å². The van der Waals surface area contributed by atoms with E-state index in [0.717, 1.165) is 19.3 Å². The van der Waals surface area contributed by atoms with E-state index in [1.165, 1.54) is 83.5 Å². The second-order valence-electron chi connectivity index (χ2n) is 6.24. The summed E-state index contributed by atoms with van der Waals surface area (Å²) in [5.74, 6) is -0.658. The van der Waals surface area contributed by atoms with Crippen molar-refractivity contribution >= 4 is 5.97 Å².